The van der Waals surface area contributed by atoms with Gasteiger partial charge < -0.3 is 4.74 Å². The fraction of sp³-hybridized carbons (Fsp3) is 0.217. The first-order chi connectivity index (χ1) is 13.0. The van der Waals surface area contributed by atoms with Crippen molar-refractivity contribution in [2.75, 3.05) is 7.11 Å². The predicted molar refractivity (Wildman–Crippen MR) is 107 cm³/mol. The molecule has 0 bridgehead atoms. The Balaban J connectivity index is 1.64. The Morgan fingerprint density at radius 3 is 2.59 bits per heavy atom. The highest BCUT2D eigenvalue weighted by Gasteiger charge is 2.26. The number of hydrogen-bond acceptors (Lipinski definition) is 3. The zero-order valence-electron chi connectivity index (χ0n) is 16.0. The number of nitrogens with one attached hydrogen (secondary N) is 1. The number of fused-ring (bicyclic) bond motifs is 1. The van der Waals surface area contributed by atoms with E-state index in [1.807, 2.05) is 31.2 Å². The molecule has 0 radical (unpaired) electrons. The summed E-state index contributed by atoms with van der Waals surface area (Å²) in [5.74, 6) is 0.902. The molecule has 1 N–H and O–H groups in total. The number of H-pyrrole nitrogens is 1. The minimum absolute atomic E-state index is 0.0816. The third kappa shape index (κ3) is 3.08. The van der Waals surface area contributed by atoms with Crippen LogP contribution >= 0.6 is 0 Å². The van der Waals surface area contributed by atoms with Crippen LogP contribution in [-0.2, 0) is 6.42 Å². The summed E-state index contributed by atoms with van der Waals surface area (Å²) in [7, 11) is 1.65. The zero-order valence-corrected chi connectivity index (χ0v) is 16.0. The van der Waals surface area contributed by atoms with Crippen molar-refractivity contribution in [2.24, 2.45) is 0 Å². The van der Waals surface area contributed by atoms with Gasteiger partial charge in [0.05, 0.1) is 18.5 Å². The Morgan fingerprint density at radius 2 is 1.85 bits per heavy atom. The van der Waals surface area contributed by atoms with Gasteiger partial charge in [-0.3, -0.25) is 9.89 Å². The fourth-order valence-corrected chi connectivity index (χ4v) is 3.53. The van der Waals surface area contributed by atoms with Crippen LogP contribution in [0.5, 0.6) is 5.75 Å². The highest BCUT2D eigenvalue weighted by molar-refractivity contribution is 6.15. The number of methoxy groups -OCH3 is 1. The summed E-state index contributed by atoms with van der Waals surface area (Å²) >= 11 is 0. The first-order valence-electron chi connectivity index (χ1n) is 9.02. The third-order valence-corrected chi connectivity index (χ3v) is 5.27. The molecule has 4 rings (SSSR count). The van der Waals surface area contributed by atoms with Gasteiger partial charge in [0.25, 0.3) is 0 Å². The molecule has 4 nitrogen and oxygen atoms in total. The lowest BCUT2D eigenvalue weighted by molar-refractivity contribution is 0.104. The third-order valence-electron chi connectivity index (χ3n) is 5.27. The highest BCUT2D eigenvalue weighted by Crippen LogP contribution is 2.33. The molecule has 0 amide bonds. The van der Waals surface area contributed by atoms with E-state index in [4.69, 9.17) is 4.74 Å². The van der Waals surface area contributed by atoms with E-state index < -0.39 is 0 Å². The maximum atomic E-state index is 12.8. The van der Waals surface area contributed by atoms with Crippen LogP contribution in [0.15, 0.2) is 42.0 Å². The van der Waals surface area contributed by atoms with Crippen LogP contribution in [0.4, 0.5) is 0 Å². The van der Waals surface area contributed by atoms with Gasteiger partial charge in [0.2, 0.25) is 0 Å². The van der Waals surface area contributed by atoms with Crippen LogP contribution in [0.25, 0.3) is 17.3 Å². The topological polar surface area (TPSA) is 55.0 Å². The van der Waals surface area contributed by atoms with Crippen LogP contribution in [0.1, 0.15) is 38.3 Å². The molecule has 1 aliphatic carbocycles. The quantitative estimate of drug-likeness (QED) is 0.682. The number of aromatic nitrogens is 2. The van der Waals surface area contributed by atoms with E-state index in [0.717, 1.165) is 45.0 Å². The summed E-state index contributed by atoms with van der Waals surface area (Å²) in [5.41, 5.74) is 8.82. The number of nitrogens with zero attached hydrogens (tertiary/aromatic N) is 1. The fourth-order valence-electron chi connectivity index (χ4n) is 3.53. The molecule has 0 atom stereocenters. The summed E-state index contributed by atoms with van der Waals surface area (Å²) in [4.78, 5) is 12.8. The van der Waals surface area contributed by atoms with Crippen molar-refractivity contribution in [1.82, 2.24) is 10.2 Å². The SMILES string of the molecule is COc1cc2c(cc1C)C(=O)/C(=C/c1cc(-c3ccc(C)c(C)c3)n[nH]1)C2. The standard InChI is InChI=1S/C23H22N2O2/c1-13-5-6-16(7-14(13)2)21-12-19(24-25-21)10-18-9-17-11-22(27-4)15(3)8-20(17)23(18)26/h5-8,10-12H,9H2,1-4H3,(H,24,25)/b18-10+. The molecule has 0 aliphatic heterocycles. The Kier molecular flexibility index (Phi) is 4.19. The Hall–Kier alpha value is -3.14. The molecule has 0 unspecified atom stereocenters. The van der Waals surface area contributed by atoms with Gasteiger partial charge in [-0.2, -0.15) is 5.10 Å². The van der Waals surface area contributed by atoms with Crippen LogP contribution < -0.4 is 4.74 Å². The largest absolute Gasteiger partial charge is 0.496 e. The van der Waals surface area contributed by atoms with Crippen LogP contribution in [0.2, 0.25) is 0 Å². The van der Waals surface area contributed by atoms with Crippen molar-refractivity contribution in [3.63, 3.8) is 0 Å². The van der Waals surface area contributed by atoms with E-state index in [1.54, 1.807) is 7.11 Å². The Morgan fingerprint density at radius 1 is 1.04 bits per heavy atom. The Bertz CT molecular complexity index is 1090. The molecule has 4 heteroatoms. The van der Waals surface area contributed by atoms with E-state index in [2.05, 4.69) is 42.2 Å². The molecule has 0 fully saturated rings. The van der Waals surface area contributed by atoms with Gasteiger partial charge in [-0.05, 0) is 73.4 Å². The number of ketones is 1. The van der Waals surface area contributed by atoms with Crippen molar-refractivity contribution >= 4 is 11.9 Å². The number of allylic oxidation sites excluding steroid dienone is 1. The second kappa shape index (κ2) is 6.54. The zero-order chi connectivity index (χ0) is 19.1. The normalized spacial score (nSPS) is 14.7. The number of benzene rings is 2. The molecule has 2 aromatic carbocycles. The van der Waals surface area contributed by atoms with Gasteiger partial charge in [-0.25, -0.2) is 0 Å². The first-order valence-corrected chi connectivity index (χ1v) is 9.02. The number of carbonyl (C=O) groups is 1. The summed E-state index contributed by atoms with van der Waals surface area (Å²) < 4.78 is 5.38. The molecular weight excluding hydrogens is 336 g/mol. The van der Waals surface area contributed by atoms with E-state index >= 15 is 0 Å². The summed E-state index contributed by atoms with van der Waals surface area (Å²) in [5, 5.41) is 7.46. The van der Waals surface area contributed by atoms with Crippen molar-refractivity contribution in [1.29, 1.82) is 0 Å². The summed E-state index contributed by atoms with van der Waals surface area (Å²) in [6.45, 7) is 6.15. The van der Waals surface area contributed by atoms with E-state index in [1.165, 1.54) is 11.1 Å². The van der Waals surface area contributed by atoms with Gasteiger partial charge in [0.15, 0.2) is 5.78 Å². The van der Waals surface area contributed by atoms with Gasteiger partial charge in [-0.1, -0.05) is 12.1 Å². The Labute approximate surface area is 158 Å². The molecule has 3 aromatic rings. The van der Waals surface area contributed by atoms with Gasteiger partial charge >= 0.3 is 0 Å². The lowest BCUT2D eigenvalue weighted by Crippen LogP contribution is -1.97. The molecule has 0 spiro atoms. The summed E-state index contributed by atoms with van der Waals surface area (Å²) in [6, 6.07) is 12.2. The number of rotatable bonds is 3. The molecule has 1 aliphatic rings. The van der Waals surface area contributed by atoms with Crippen LogP contribution in [-0.4, -0.2) is 23.1 Å². The number of hydrogen-bond donors (Lipinski definition) is 1. The van der Waals surface area contributed by atoms with Crippen molar-refractivity contribution in [3.8, 4) is 17.0 Å². The predicted octanol–water partition coefficient (Wildman–Crippen LogP) is 4.83. The molecular formula is C23H22N2O2. The minimum Gasteiger partial charge on any atom is -0.496 e. The number of carbonyl (C=O) groups excluding carboxylic acids is 1. The highest BCUT2D eigenvalue weighted by atomic mass is 16.5. The van der Waals surface area contributed by atoms with Crippen LogP contribution in [0, 0.1) is 20.8 Å². The van der Waals surface area contributed by atoms with E-state index in [-0.39, 0.29) is 5.78 Å². The first kappa shape index (κ1) is 17.3. The molecule has 1 aromatic heterocycles. The van der Waals surface area contributed by atoms with E-state index in [0.29, 0.717) is 6.42 Å². The lowest BCUT2D eigenvalue weighted by atomic mass is 10.0. The van der Waals surface area contributed by atoms with Gasteiger partial charge in [-0.15, -0.1) is 0 Å². The average molecular weight is 358 g/mol. The number of aryl methyl sites for hydroxylation is 3. The van der Waals surface area contributed by atoms with Crippen molar-refractivity contribution in [3.05, 3.63) is 75.5 Å². The molecule has 0 saturated carbocycles. The summed E-state index contributed by atoms with van der Waals surface area (Å²) in [6.07, 6.45) is 2.52. The number of ether oxygens (including phenoxy) is 1. The number of aromatic amines is 1. The van der Waals surface area contributed by atoms with Crippen molar-refractivity contribution < 1.29 is 9.53 Å². The van der Waals surface area contributed by atoms with Gasteiger partial charge in [0, 0.05) is 23.1 Å². The molecule has 27 heavy (non-hydrogen) atoms. The van der Waals surface area contributed by atoms with Gasteiger partial charge in [0.1, 0.15) is 5.75 Å². The average Bonchev–Trinajstić information content (AvgIpc) is 3.23. The number of Topliss-reactive ketones (excluding diaryl/α,β-unsaturated/α-hetero) is 1. The lowest BCUT2D eigenvalue weighted by Gasteiger charge is -2.06. The molecule has 0 saturated heterocycles. The monoisotopic (exact) mass is 358 g/mol. The second-order valence-corrected chi connectivity index (χ2v) is 7.16. The maximum Gasteiger partial charge on any atom is 0.189 e. The van der Waals surface area contributed by atoms with E-state index in [9.17, 15) is 4.79 Å². The maximum absolute atomic E-state index is 12.8. The van der Waals surface area contributed by atoms with Crippen molar-refractivity contribution in [2.45, 2.75) is 27.2 Å². The molecule has 136 valence electrons. The molecule has 1 heterocycles. The smallest absolute Gasteiger partial charge is 0.189 e. The van der Waals surface area contributed by atoms with Crippen LogP contribution in [0.3, 0.4) is 0 Å². The second-order valence-electron chi connectivity index (χ2n) is 7.16. The minimum atomic E-state index is 0.0816.